The molecule has 0 aliphatic rings. The number of pyridine rings is 1. The van der Waals surface area contributed by atoms with Gasteiger partial charge in [0.15, 0.2) is 0 Å². The molecule has 0 fully saturated rings. The third-order valence-corrected chi connectivity index (χ3v) is 2.26. The summed E-state index contributed by atoms with van der Waals surface area (Å²) in [6.45, 7) is 6.51. The molecule has 1 heterocycles. The molecular weight excluding hydrogens is 228 g/mol. The molecule has 18 heavy (non-hydrogen) atoms. The average molecular weight is 248 g/mol. The number of ether oxygens (including phenoxy) is 1. The highest BCUT2D eigenvalue weighted by Gasteiger charge is 2.01. The van der Waals surface area contributed by atoms with Gasteiger partial charge in [0.2, 0.25) is 0 Å². The lowest BCUT2D eigenvalue weighted by molar-refractivity contribution is 0.110. The minimum atomic E-state index is 0.471. The van der Waals surface area contributed by atoms with Crippen LogP contribution in [0.5, 0.6) is 0 Å². The molecule has 0 saturated carbocycles. The third kappa shape index (κ3) is 5.02. The van der Waals surface area contributed by atoms with Crippen LogP contribution >= 0.6 is 0 Å². The van der Waals surface area contributed by atoms with Crippen LogP contribution in [-0.2, 0) is 4.74 Å². The summed E-state index contributed by atoms with van der Waals surface area (Å²) in [5.41, 5.74) is 6.74. The highest BCUT2D eigenvalue weighted by Crippen LogP contribution is 2.15. The monoisotopic (exact) mass is 248 g/mol. The fourth-order valence-corrected chi connectivity index (χ4v) is 1.39. The second kappa shape index (κ2) is 7.51. The van der Waals surface area contributed by atoms with Crippen molar-refractivity contribution in [3.63, 3.8) is 0 Å². The van der Waals surface area contributed by atoms with Gasteiger partial charge in [0.25, 0.3) is 0 Å². The Balaban J connectivity index is 2.25. The topological polar surface area (TPSA) is 84.0 Å². The van der Waals surface area contributed by atoms with E-state index in [-0.39, 0.29) is 0 Å². The van der Waals surface area contributed by atoms with Crippen LogP contribution in [0.25, 0.3) is 0 Å². The van der Waals surface area contributed by atoms with Gasteiger partial charge in [0.1, 0.15) is 11.9 Å². The number of nitrogens with one attached hydrogen (secondary N) is 1. The lowest BCUT2D eigenvalue weighted by atomic mass is 10.2. The van der Waals surface area contributed by atoms with Crippen LogP contribution in [0.3, 0.4) is 0 Å². The normalized spacial score (nSPS) is 10.3. The molecule has 1 aromatic heterocycles. The van der Waals surface area contributed by atoms with E-state index >= 15 is 0 Å². The van der Waals surface area contributed by atoms with Crippen molar-refractivity contribution < 1.29 is 4.74 Å². The molecule has 0 radical (unpaired) electrons. The van der Waals surface area contributed by atoms with Crippen LogP contribution in [0.4, 0.5) is 11.5 Å². The summed E-state index contributed by atoms with van der Waals surface area (Å²) in [6.07, 6.45) is 2.40. The molecule has 0 saturated heterocycles. The van der Waals surface area contributed by atoms with E-state index in [1.54, 1.807) is 6.07 Å². The first kappa shape index (κ1) is 14.3. The van der Waals surface area contributed by atoms with Crippen molar-refractivity contribution in [2.75, 3.05) is 30.8 Å². The summed E-state index contributed by atoms with van der Waals surface area (Å²) in [6, 6.07) is 3.61. The van der Waals surface area contributed by atoms with Gasteiger partial charge >= 0.3 is 0 Å². The van der Waals surface area contributed by atoms with Crippen molar-refractivity contribution in [1.82, 2.24) is 4.98 Å². The number of aromatic nitrogens is 1. The fraction of sp³-hybridized carbons (Fsp3) is 0.538. The first-order chi connectivity index (χ1) is 8.63. The lowest BCUT2D eigenvalue weighted by Gasteiger charge is -2.09. The number of nitrogen functional groups attached to an aromatic ring is 1. The van der Waals surface area contributed by atoms with E-state index < -0.39 is 0 Å². The summed E-state index contributed by atoms with van der Waals surface area (Å²) in [7, 11) is 0. The number of hydrogen-bond donors (Lipinski definition) is 2. The molecule has 0 amide bonds. The molecule has 3 N–H and O–H groups in total. The van der Waals surface area contributed by atoms with Crippen LogP contribution in [0, 0.1) is 17.2 Å². The first-order valence-electron chi connectivity index (χ1n) is 6.10. The Morgan fingerprint density at radius 1 is 1.56 bits per heavy atom. The van der Waals surface area contributed by atoms with E-state index in [4.69, 9.17) is 15.7 Å². The highest BCUT2D eigenvalue weighted by molar-refractivity contribution is 5.62. The van der Waals surface area contributed by atoms with Gasteiger partial charge < -0.3 is 15.8 Å². The van der Waals surface area contributed by atoms with E-state index in [1.165, 1.54) is 6.20 Å². The maximum Gasteiger partial charge on any atom is 0.149 e. The van der Waals surface area contributed by atoms with Crippen LogP contribution in [0.15, 0.2) is 12.3 Å². The minimum absolute atomic E-state index is 0.471. The predicted octanol–water partition coefficient (Wildman–Crippen LogP) is 2.01. The predicted molar refractivity (Wildman–Crippen MR) is 72.1 cm³/mol. The maximum atomic E-state index is 8.69. The largest absolute Gasteiger partial charge is 0.396 e. The van der Waals surface area contributed by atoms with Gasteiger partial charge in [-0.25, -0.2) is 4.98 Å². The van der Waals surface area contributed by atoms with Crippen molar-refractivity contribution in [3.8, 4) is 6.07 Å². The smallest absolute Gasteiger partial charge is 0.149 e. The summed E-state index contributed by atoms with van der Waals surface area (Å²) in [5, 5.41) is 11.8. The molecule has 0 aliphatic carbocycles. The van der Waals surface area contributed by atoms with Gasteiger partial charge in [0, 0.05) is 26.0 Å². The summed E-state index contributed by atoms with van der Waals surface area (Å²) >= 11 is 0. The molecule has 5 heteroatoms. The lowest BCUT2D eigenvalue weighted by Crippen LogP contribution is -2.10. The van der Waals surface area contributed by atoms with Crippen LogP contribution < -0.4 is 11.1 Å². The van der Waals surface area contributed by atoms with Gasteiger partial charge in [-0.1, -0.05) is 13.8 Å². The van der Waals surface area contributed by atoms with Crippen molar-refractivity contribution >= 4 is 11.5 Å². The second-order valence-electron chi connectivity index (χ2n) is 4.52. The number of nitriles is 1. The van der Waals surface area contributed by atoms with Crippen molar-refractivity contribution in [3.05, 3.63) is 17.8 Å². The van der Waals surface area contributed by atoms with Crippen LogP contribution in [-0.4, -0.2) is 24.7 Å². The number of nitrogens with two attached hydrogens (primary N) is 1. The molecule has 1 aromatic rings. The van der Waals surface area contributed by atoms with Gasteiger partial charge in [-0.15, -0.1) is 0 Å². The Morgan fingerprint density at radius 2 is 2.33 bits per heavy atom. The van der Waals surface area contributed by atoms with Crippen molar-refractivity contribution in [1.29, 1.82) is 5.26 Å². The van der Waals surface area contributed by atoms with Crippen molar-refractivity contribution in [2.45, 2.75) is 20.3 Å². The molecule has 0 bridgehead atoms. The Hall–Kier alpha value is -1.80. The molecule has 0 aliphatic heterocycles. The molecule has 0 spiro atoms. The molecular formula is C13H20N4O. The van der Waals surface area contributed by atoms with Crippen LogP contribution in [0.1, 0.15) is 25.8 Å². The molecule has 0 atom stereocenters. The van der Waals surface area contributed by atoms with Gasteiger partial charge in [-0.3, -0.25) is 0 Å². The maximum absolute atomic E-state index is 8.69. The molecule has 0 aromatic carbocycles. The van der Waals surface area contributed by atoms with Crippen LogP contribution in [0.2, 0.25) is 0 Å². The highest BCUT2D eigenvalue weighted by atomic mass is 16.5. The Labute approximate surface area is 108 Å². The van der Waals surface area contributed by atoms with Gasteiger partial charge in [-0.05, 0) is 18.4 Å². The van der Waals surface area contributed by atoms with E-state index in [9.17, 15) is 0 Å². The fourth-order valence-electron chi connectivity index (χ4n) is 1.39. The Kier molecular flexibility index (Phi) is 5.95. The Bertz CT molecular complexity index is 412. The molecule has 0 unspecified atom stereocenters. The second-order valence-corrected chi connectivity index (χ2v) is 4.52. The SMILES string of the molecule is CC(C)COCCCNc1ncc(C#N)cc1N. The van der Waals surface area contributed by atoms with Crippen molar-refractivity contribution in [2.24, 2.45) is 5.92 Å². The molecule has 5 nitrogen and oxygen atoms in total. The quantitative estimate of drug-likeness (QED) is 0.721. The standard InChI is InChI=1S/C13H20N4O/c1-10(2)9-18-5-3-4-16-13-12(15)6-11(7-14)8-17-13/h6,8,10H,3-5,9,15H2,1-2H3,(H,16,17). The number of anilines is 2. The van der Waals surface area contributed by atoms with Gasteiger partial charge in [0.05, 0.1) is 11.3 Å². The summed E-state index contributed by atoms with van der Waals surface area (Å²) in [5.74, 6) is 1.19. The first-order valence-corrected chi connectivity index (χ1v) is 6.10. The minimum Gasteiger partial charge on any atom is -0.396 e. The third-order valence-electron chi connectivity index (χ3n) is 2.26. The number of hydrogen-bond acceptors (Lipinski definition) is 5. The number of rotatable bonds is 7. The van der Waals surface area contributed by atoms with Gasteiger partial charge in [-0.2, -0.15) is 5.26 Å². The summed E-state index contributed by atoms with van der Waals surface area (Å²) in [4.78, 5) is 4.10. The molecule has 98 valence electrons. The molecule has 1 rings (SSSR count). The summed E-state index contributed by atoms with van der Waals surface area (Å²) < 4.78 is 5.47. The zero-order chi connectivity index (χ0) is 13.4. The number of nitrogens with zero attached hydrogens (tertiary/aromatic N) is 2. The zero-order valence-electron chi connectivity index (χ0n) is 10.9. The van der Waals surface area contributed by atoms with E-state index in [1.807, 2.05) is 6.07 Å². The average Bonchev–Trinajstić information content (AvgIpc) is 2.34. The Morgan fingerprint density at radius 3 is 2.94 bits per heavy atom. The van der Waals surface area contributed by atoms with E-state index in [0.717, 1.165) is 26.2 Å². The van der Waals surface area contributed by atoms with E-state index in [2.05, 4.69) is 24.1 Å². The zero-order valence-corrected chi connectivity index (χ0v) is 10.9. The van der Waals surface area contributed by atoms with E-state index in [0.29, 0.717) is 23.0 Å².